The molecule has 2 nitrogen and oxygen atoms in total. The predicted molar refractivity (Wildman–Crippen MR) is 66.5 cm³/mol. The molecule has 0 aliphatic rings. The Kier molecular flexibility index (Phi) is 3.03. The highest BCUT2D eigenvalue weighted by Gasteiger charge is 2.10. The quantitative estimate of drug-likeness (QED) is 0.857. The summed E-state index contributed by atoms with van der Waals surface area (Å²) < 4.78 is 5.68. The van der Waals surface area contributed by atoms with Gasteiger partial charge in [-0.3, -0.25) is 0 Å². The lowest BCUT2D eigenvalue weighted by Crippen LogP contribution is -2.02. The molecule has 1 atom stereocenters. The van der Waals surface area contributed by atoms with Crippen LogP contribution >= 0.6 is 11.6 Å². The van der Waals surface area contributed by atoms with E-state index < -0.39 is 0 Å². The summed E-state index contributed by atoms with van der Waals surface area (Å²) in [6.45, 7) is 3.92. The summed E-state index contributed by atoms with van der Waals surface area (Å²) in [7, 11) is 0. The van der Waals surface area contributed by atoms with Gasteiger partial charge in [0.2, 0.25) is 0 Å². The Balaban J connectivity index is 2.46. The van der Waals surface area contributed by atoms with E-state index in [0.29, 0.717) is 5.02 Å². The number of aryl methyl sites for hydroxylation is 1. The van der Waals surface area contributed by atoms with Crippen LogP contribution < -0.4 is 5.73 Å². The summed E-state index contributed by atoms with van der Waals surface area (Å²) >= 11 is 5.97. The van der Waals surface area contributed by atoms with Crippen LogP contribution in [0.3, 0.4) is 0 Å². The Morgan fingerprint density at radius 2 is 2.00 bits per heavy atom. The minimum absolute atomic E-state index is 0.0896. The van der Waals surface area contributed by atoms with E-state index >= 15 is 0 Å². The molecule has 1 heterocycles. The summed E-state index contributed by atoms with van der Waals surface area (Å²) in [5.41, 5.74) is 7.90. The van der Waals surface area contributed by atoms with Gasteiger partial charge in [0, 0.05) is 10.6 Å². The van der Waals surface area contributed by atoms with Crippen LogP contribution in [0.4, 0.5) is 0 Å². The van der Waals surface area contributed by atoms with Gasteiger partial charge >= 0.3 is 0 Å². The van der Waals surface area contributed by atoms with Crippen LogP contribution in [0.15, 0.2) is 34.7 Å². The number of nitrogens with two attached hydrogens (primary N) is 1. The van der Waals surface area contributed by atoms with Crippen molar-refractivity contribution < 1.29 is 4.42 Å². The summed E-state index contributed by atoms with van der Waals surface area (Å²) in [4.78, 5) is 0. The van der Waals surface area contributed by atoms with Crippen LogP contribution in [0, 0.1) is 6.92 Å². The molecule has 84 valence electrons. The number of furan rings is 1. The highest BCUT2D eigenvalue weighted by molar-refractivity contribution is 6.30. The van der Waals surface area contributed by atoms with E-state index in [4.69, 9.17) is 21.8 Å². The third kappa shape index (κ3) is 2.13. The van der Waals surface area contributed by atoms with Crippen LogP contribution in [0.5, 0.6) is 0 Å². The van der Waals surface area contributed by atoms with Crippen molar-refractivity contribution in [3.63, 3.8) is 0 Å². The van der Waals surface area contributed by atoms with Crippen LogP contribution in [0.1, 0.15) is 24.3 Å². The molecule has 1 aromatic carbocycles. The number of halogens is 1. The van der Waals surface area contributed by atoms with E-state index in [-0.39, 0.29) is 6.04 Å². The highest BCUT2D eigenvalue weighted by Crippen LogP contribution is 2.29. The first-order valence-corrected chi connectivity index (χ1v) is 5.57. The SMILES string of the molecule is Cc1ccc(Cl)cc1-c1ccc(C(C)N)o1. The molecule has 1 aromatic heterocycles. The van der Waals surface area contributed by atoms with Gasteiger partial charge in [0.15, 0.2) is 0 Å². The Morgan fingerprint density at radius 1 is 1.25 bits per heavy atom. The highest BCUT2D eigenvalue weighted by atomic mass is 35.5. The minimum Gasteiger partial charge on any atom is -0.459 e. The Morgan fingerprint density at radius 3 is 2.62 bits per heavy atom. The third-order valence-electron chi connectivity index (χ3n) is 2.54. The Bertz CT molecular complexity index is 502. The topological polar surface area (TPSA) is 39.2 Å². The third-order valence-corrected chi connectivity index (χ3v) is 2.78. The van der Waals surface area contributed by atoms with Gasteiger partial charge in [-0.25, -0.2) is 0 Å². The van der Waals surface area contributed by atoms with Crippen LogP contribution in [-0.4, -0.2) is 0 Å². The molecule has 0 aliphatic heterocycles. The van der Waals surface area contributed by atoms with Crippen molar-refractivity contribution in [1.29, 1.82) is 0 Å². The van der Waals surface area contributed by atoms with Gasteiger partial charge in [0.1, 0.15) is 11.5 Å². The first kappa shape index (κ1) is 11.2. The normalized spacial score (nSPS) is 12.8. The predicted octanol–water partition coefficient (Wildman–Crippen LogP) is 3.93. The molecule has 0 bridgehead atoms. The number of hydrogen-bond donors (Lipinski definition) is 1. The lowest BCUT2D eigenvalue weighted by atomic mass is 10.1. The van der Waals surface area contributed by atoms with Crippen molar-refractivity contribution in [2.75, 3.05) is 0 Å². The largest absolute Gasteiger partial charge is 0.459 e. The zero-order valence-corrected chi connectivity index (χ0v) is 10.1. The Labute approximate surface area is 100 Å². The van der Waals surface area contributed by atoms with Crippen molar-refractivity contribution in [3.05, 3.63) is 46.7 Å². The van der Waals surface area contributed by atoms with E-state index in [1.165, 1.54) is 0 Å². The maximum atomic E-state index is 5.97. The molecule has 2 aromatic rings. The number of rotatable bonds is 2. The van der Waals surface area contributed by atoms with Gasteiger partial charge in [-0.1, -0.05) is 17.7 Å². The fraction of sp³-hybridized carbons (Fsp3) is 0.231. The molecule has 2 rings (SSSR count). The molecule has 0 amide bonds. The van der Waals surface area contributed by atoms with Crippen LogP contribution in [0.2, 0.25) is 5.02 Å². The van der Waals surface area contributed by atoms with Gasteiger partial charge in [-0.05, 0) is 43.7 Å². The molecular formula is C13H14ClNO. The van der Waals surface area contributed by atoms with Gasteiger partial charge in [0.25, 0.3) is 0 Å². The van der Waals surface area contributed by atoms with Gasteiger partial charge in [-0.15, -0.1) is 0 Å². The van der Waals surface area contributed by atoms with E-state index in [9.17, 15) is 0 Å². The second-order valence-electron chi connectivity index (χ2n) is 3.95. The van der Waals surface area contributed by atoms with Crippen molar-refractivity contribution in [1.82, 2.24) is 0 Å². The van der Waals surface area contributed by atoms with Crippen LogP contribution in [0.25, 0.3) is 11.3 Å². The van der Waals surface area contributed by atoms with Gasteiger partial charge < -0.3 is 10.2 Å². The zero-order chi connectivity index (χ0) is 11.7. The van der Waals surface area contributed by atoms with E-state index in [1.807, 2.05) is 44.2 Å². The molecule has 2 N–H and O–H groups in total. The number of hydrogen-bond acceptors (Lipinski definition) is 2. The molecular weight excluding hydrogens is 222 g/mol. The molecule has 16 heavy (non-hydrogen) atoms. The summed E-state index contributed by atoms with van der Waals surface area (Å²) in [5, 5.41) is 0.708. The van der Waals surface area contributed by atoms with Gasteiger partial charge in [0.05, 0.1) is 6.04 Å². The van der Waals surface area contributed by atoms with Crippen molar-refractivity contribution >= 4 is 11.6 Å². The minimum atomic E-state index is -0.0896. The fourth-order valence-electron chi connectivity index (χ4n) is 1.60. The zero-order valence-electron chi connectivity index (χ0n) is 9.33. The molecule has 1 unspecified atom stereocenters. The molecule has 0 saturated heterocycles. The van der Waals surface area contributed by atoms with Crippen molar-refractivity contribution in [2.24, 2.45) is 5.73 Å². The average molecular weight is 236 g/mol. The lowest BCUT2D eigenvalue weighted by molar-refractivity contribution is 0.491. The molecule has 0 aliphatic carbocycles. The smallest absolute Gasteiger partial charge is 0.134 e. The van der Waals surface area contributed by atoms with Crippen LogP contribution in [-0.2, 0) is 0 Å². The second kappa shape index (κ2) is 4.32. The molecule has 0 radical (unpaired) electrons. The summed E-state index contributed by atoms with van der Waals surface area (Å²) in [6, 6.07) is 9.49. The van der Waals surface area contributed by atoms with E-state index in [0.717, 1.165) is 22.6 Å². The first-order valence-electron chi connectivity index (χ1n) is 5.20. The monoisotopic (exact) mass is 235 g/mol. The van der Waals surface area contributed by atoms with Crippen molar-refractivity contribution in [3.8, 4) is 11.3 Å². The maximum absolute atomic E-state index is 5.97. The standard InChI is InChI=1S/C13H14ClNO/c1-8-3-4-10(14)7-11(8)13-6-5-12(16-13)9(2)15/h3-7,9H,15H2,1-2H3. The van der Waals surface area contributed by atoms with E-state index in [1.54, 1.807) is 0 Å². The molecule has 0 fully saturated rings. The summed E-state index contributed by atoms with van der Waals surface area (Å²) in [5.74, 6) is 1.60. The fourth-order valence-corrected chi connectivity index (χ4v) is 1.77. The van der Waals surface area contributed by atoms with Gasteiger partial charge in [-0.2, -0.15) is 0 Å². The maximum Gasteiger partial charge on any atom is 0.134 e. The summed E-state index contributed by atoms with van der Waals surface area (Å²) in [6.07, 6.45) is 0. The van der Waals surface area contributed by atoms with E-state index in [2.05, 4.69) is 0 Å². The van der Waals surface area contributed by atoms with Crippen molar-refractivity contribution in [2.45, 2.75) is 19.9 Å². The molecule has 0 saturated carbocycles. The lowest BCUT2D eigenvalue weighted by Gasteiger charge is -2.04. The number of benzene rings is 1. The first-order chi connectivity index (χ1) is 7.58. The second-order valence-corrected chi connectivity index (χ2v) is 4.39. The molecule has 0 spiro atoms. The Hall–Kier alpha value is -1.25. The molecule has 3 heteroatoms. The average Bonchev–Trinajstić information content (AvgIpc) is 2.70.